The average Bonchev–Trinajstić information content (AvgIpc) is 3.70. The van der Waals surface area contributed by atoms with Crippen LogP contribution in [0.1, 0.15) is 105 Å². The fraction of sp³-hybridized carbons (Fsp3) is 0.460. The number of alkyl carbamates (subject to hydrolysis) is 1. The van der Waals surface area contributed by atoms with Gasteiger partial charge in [-0.3, -0.25) is 34.1 Å². The first-order chi connectivity index (χ1) is 33.6. The predicted octanol–water partition coefficient (Wildman–Crippen LogP) is 1.81. The molecular formula is C50H60FN9O11. The molecule has 378 valence electrons. The summed E-state index contributed by atoms with van der Waals surface area (Å²) < 4.78 is 27.9. The Kier molecular flexibility index (Phi) is 15.4. The van der Waals surface area contributed by atoms with E-state index in [1.165, 1.54) is 21.6 Å². The zero-order valence-electron chi connectivity index (χ0n) is 40.4. The summed E-state index contributed by atoms with van der Waals surface area (Å²) >= 11 is 0. The smallest absolute Gasteiger partial charge is 0.414 e. The number of pyridine rings is 2. The minimum absolute atomic E-state index is 0.0533. The number of aryl methyl sites for hydroxylation is 1. The lowest BCUT2D eigenvalue weighted by Crippen LogP contribution is -2.55. The Bertz CT molecular complexity index is 2870. The third kappa shape index (κ3) is 11.0. The highest BCUT2D eigenvalue weighted by atomic mass is 19.1. The summed E-state index contributed by atoms with van der Waals surface area (Å²) in [6.07, 6.45) is 0.657. The molecule has 71 heavy (non-hydrogen) atoms. The van der Waals surface area contributed by atoms with Crippen LogP contribution in [0, 0.1) is 12.7 Å². The quantitative estimate of drug-likeness (QED) is 0.0517. The molecule has 6 amide bonds. The number of nitrogens with one attached hydrogen (secondary N) is 4. The van der Waals surface area contributed by atoms with Gasteiger partial charge in [-0.25, -0.2) is 19.0 Å². The van der Waals surface area contributed by atoms with Crippen LogP contribution in [0.2, 0.25) is 0 Å². The molecule has 1 aliphatic carbocycles. The van der Waals surface area contributed by atoms with Crippen molar-refractivity contribution in [3.05, 3.63) is 97.6 Å². The maximum Gasteiger partial charge on any atom is 0.414 e. The molecule has 4 atom stereocenters. The number of rotatable bonds is 17. The van der Waals surface area contributed by atoms with Gasteiger partial charge in [-0.1, -0.05) is 43.7 Å². The summed E-state index contributed by atoms with van der Waals surface area (Å²) in [4.78, 5) is 115. The van der Waals surface area contributed by atoms with Crippen molar-refractivity contribution in [3.63, 3.8) is 0 Å². The fourth-order valence-corrected chi connectivity index (χ4v) is 9.47. The van der Waals surface area contributed by atoms with Crippen molar-refractivity contribution in [1.29, 1.82) is 0 Å². The maximum atomic E-state index is 15.8. The first-order valence-corrected chi connectivity index (χ1v) is 23.6. The summed E-state index contributed by atoms with van der Waals surface area (Å²) in [5, 5.41) is 21.9. The highest BCUT2D eigenvalue weighted by Crippen LogP contribution is 2.47. The molecule has 0 bridgehead atoms. The van der Waals surface area contributed by atoms with E-state index >= 15 is 9.18 Å². The molecule has 0 saturated heterocycles. The zero-order valence-corrected chi connectivity index (χ0v) is 40.4. The molecule has 4 heterocycles. The molecule has 2 aromatic carbocycles. The number of halogens is 1. The minimum Gasteiger partial charge on any atom is -0.458 e. The Morgan fingerprint density at radius 1 is 1.01 bits per heavy atom. The number of esters is 1. The van der Waals surface area contributed by atoms with Crippen LogP contribution in [0.15, 0.2) is 47.3 Å². The number of imide groups is 1. The van der Waals surface area contributed by atoms with Gasteiger partial charge in [-0.05, 0) is 94.7 Å². The minimum atomic E-state index is -2.14. The van der Waals surface area contributed by atoms with E-state index in [1.54, 1.807) is 65.0 Å². The molecule has 0 unspecified atom stereocenters. The number of unbranched alkanes of at least 4 members (excludes halogenated alkanes) is 1. The summed E-state index contributed by atoms with van der Waals surface area (Å²) in [5.41, 5.74) is 10.9. The number of fused-ring (bicyclic) bond motifs is 5. The SMILES string of the molecule is CC[C@@]1(O)C(=O)OCc2c1cc1n(c2=O)Cc2c-1nc1cc(F)c(C)c3c1c2[C@@H](N(CC(=O)NC(=O)OC(C)(C)C)C(=O)[C@H](Cc1ccccc1)NC(=O)CNC(=O)CNC(=O)[C@@H](N)CCCCN)CC3. The van der Waals surface area contributed by atoms with Crippen molar-refractivity contribution in [1.82, 2.24) is 35.7 Å². The summed E-state index contributed by atoms with van der Waals surface area (Å²) in [5.74, 6) is -5.26. The Morgan fingerprint density at radius 3 is 2.42 bits per heavy atom. The van der Waals surface area contributed by atoms with Crippen LogP contribution < -0.4 is 38.3 Å². The number of nitrogens with zero attached hydrogens (tertiary/aromatic N) is 3. The van der Waals surface area contributed by atoms with E-state index in [-0.39, 0.29) is 66.9 Å². The van der Waals surface area contributed by atoms with Gasteiger partial charge in [0, 0.05) is 29.0 Å². The number of hydrogen-bond acceptors (Lipinski definition) is 14. The van der Waals surface area contributed by atoms with Gasteiger partial charge in [0.05, 0.1) is 54.2 Å². The van der Waals surface area contributed by atoms with Crippen molar-refractivity contribution in [2.75, 3.05) is 26.2 Å². The number of hydrogen-bond donors (Lipinski definition) is 7. The van der Waals surface area contributed by atoms with Gasteiger partial charge in [0.25, 0.3) is 5.56 Å². The molecule has 4 aromatic rings. The number of carbonyl (C=O) groups excluding carboxylic acids is 7. The van der Waals surface area contributed by atoms with E-state index in [0.29, 0.717) is 59.0 Å². The van der Waals surface area contributed by atoms with E-state index in [0.717, 1.165) is 0 Å². The van der Waals surface area contributed by atoms with Crippen molar-refractivity contribution < 1.29 is 52.5 Å². The van der Waals surface area contributed by atoms with Crippen molar-refractivity contribution in [3.8, 4) is 11.4 Å². The Morgan fingerprint density at radius 2 is 1.73 bits per heavy atom. The van der Waals surface area contributed by atoms with Crippen LogP contribution in [0.5, 0.6) is 0 Å². The van der Waals surface area contributed by atoms with Gasteiger partial charge in [0.1, 0.15) is 30.6 Å². The molecule has 0 spiro atoms. The van der Waals surface area contributed by atoms with Crippen LogP contribution >= 0.6 is 0 Å². The molecule has 0 radical (unpaired) electrons. The van der Waals surface area contributed by atoms with E-state index < -0.39 is 102 Å². The number of ether oxygens (including phenoxy) is 2. The lowest BCUT2D eigenvalue weighted by molar-refractivity contribution is -0.172. The largest absolute Gasteiger partial charge is 0.458 e. The van der Waals surface area contributed by atoms with E-state index in [9.17, 15) is 38.7 Å². The normalized spacial score (nSPS) is 17.4. The summed E-state index contributed by atoms with van der Waals surface area (Å²) in [6, 6.07) is 8.15. The average molecular weight is 982 g/mol. The summed E-state index contributed by atoms with van der Waals surface area (Å²) in [6.45, 7) is 6.10. The molecular weight excluding hydrogens is 922 g/mol. The molecule has 2 aromatic heterocycles. The van der Waals surface area contributed by atoms with Crippen LogP contribution in [-0.4, -0.2) is 105 Å². The van der Waals surface area contributed by atoms with Gasteiger partial charge in [-0.2, -0.15) is 0 Å². The monoisotopic (exact) mass is 981 g/mol. The molecule has 0 fully saturated rings. The van der Waals surface area contributed by atoms with E-state index in [1.807, 2.05) is 0 Å². The first-order valence-electron chi connectivity index (χ1n) is 23.6. The third-order valence-corrected chi connectivity index (χ3v) is 13.1. The van der Waals surface area contributed by atoms with Gasteiger partial charge in [0.2, 0.25) is 29.5 Å². The number of amides is 6. The summed E-state index contributed by atoms with van der Waals surface area (Å²) in [7, 11) is 0. The second-order valence-electron chi connectivity index (χ2n) is 19.1. The molecule has 2 aliphatic heterocycles. The van der Waals surface area contributed by atoms with Gasteiger partial charge in [-0.15, -0.1) is 0 Å². The number of nitrogens with two attached hydrogens (primary N) is 2. The molecule has 9 N–H and O–H groups in total. The third-order valence-electron chi connectivity index (χ3n) is 13.1. The Balaban J connectivity index is 1.28. The van der Waals surface area contributed by atoms with Gasteiger partial charge < -0.3 is 51.5 Å². The lowest BCUT2D eigenvalue weighted by atomic mass is 9.80. The van der Waals surface area contributed by atoms with Crippen molar-refractivity contribution in [2.24, 2.45) is 11.5 Å². The first kappa shape index (κ1) is 51.7. The maximum absolute atomic E-state index is 15.8. The van der Waals surface area contributed by atoms with Crippen LogP contribution in [0.3, 0.4) is 0 Å². The van der Waals surface area contributed by atoms with E-state index in [4.69, 9.17) is 25.9 Å². The second kappa shape index (κ2) is 21.1. The van der Waals surface area contributed by atoms with E-state index in [2.05, 4.69) is 21.3 Å². The number of carbonyl (C=O) groups is 7. The van der Waals surface area contributed by atoms with Crippen LogP contribution in [-0.2, 0) is 69.8 Å². The lowest BCUT2D eigenvalue weighted by Gasteiger charge is -2.38. The van der Waals surface area contributed by atoms with Gasteiger partial charge in [0.15, 0.2) is 5.60 Å². The highest BCUT2D eigenvalue weighted by molar-refractivity contribution is 5.98. The van der Waals surface area contributed by atoms with Crippen molar-refractivity contribution in [2.45, 2.75) is 122 Å². The number of cyclic esters (lactones) is 1. The molecule has 21 heteroatoms. The molecule has 20 nitrogen and oxygen atoms in total. The Labute approximate surface area is 408 Å². The highest BCUT2D eigenvalue weighted by Gasteiger charge is 2.47. The zero-order chi connectivity index (χ0) is 51.5. The van der Waals surface area contributed by atoms with Crippen molar-refractivity contribution >= 4 is 52.5 Å². The van der Waals surface area contributed by atoms with Crippen LogP contribution in [0.4, 0.5) is 9.18 Å². The number of aliphatic hydroxyl groups is 1. The fourth-order valence-electron chi connectivity index (χ4n) is 9.47. The standard InChI is InChI=1S/C50H60FN9O11/c1-6-50(69)31-19-37-43-29(23-59(37)45(65)30(31)25-70-47(50)67)42-36(16-15-28-26(2)32(51)20-34(57-43)41(28)42)60(24-40(63)58-48(68)71-49(3,4)5)46(66)35(18-27-12-8-7-9-13-27)56-39(62)22-54-38(61)21-55-44(64)33(53)14-10-11-17-52/h7-9,12-13,19-20,33,35-36,69H,6,10-11,14-18,21-25,52-53H2,1-5H3,(H,54,61)(H,55,64)(H,56,62)(H,58,63,68)/t33-,35-,36-,50-/m0/s1. The molecule has 3 aliphatic rings. The van der Waals surface area contributed by atoms with Gasteiger partial charge >= 0.3 is 12.1 Å². The number of benzene rings is 2. The van der Waals surface area contributed by atoms with Crippen LogP contribution in [0.25, 0.3) is 22.3 Å². The number of aromatic nitrogens is 2. The topological polar surface area (TPSA) is 296 Å². The molecule has 7 rings (SSSR count). The predicted molar refractivity (Wildman–Crippen MR) is 255 cm³/mol. The Hall–Kier alpha value is -7.10. The molecule has 0 saturated carbocycles. The second-order valence-corrected chi connectivity index (χ2v) is 19.1.